The van der Waals surface area contributed by atoms with Crippen molar-refractivity contribution in [3.8, 4) is 11.5 Å². The highest BCUT2D eigenvalue weighted by molar-refractivity contribution is 6.30. The molecule has 0 unspecified atom stereocenters. The SMILES string of the molecule is N#[N+]c1cccc(Oc2ccc(Cl)cc2)c1. The molecule has 0 aliphatic carbocycles. The summed E-state index contributed by atoms with van der Waals surface area (Å²) in [6.45, 7) is 0. The van der Waals surface area contributed by atoms with Gasteiger partial charge in [0.05, 0.1) is 6.07 Å². The summed E-state index contributed by atoms with van der Waals surface area (Å²) in [5.41, 5.74) is 0.450. The Morgan fingerprint density at radius 3 is 2.44 bits per heavy atom. The molecule has 0 aliphatic heterocycles. The molecule has 0 atom stereocenters. The molecule has 78 valence electrons. The molecule has 0 aliphatic rings. The molecule has 0 aromatic heterocycles. The number of nitrogens with zero attached hydrogens (tertiary/aromatic N) is 2. The van der Waals surface area contributed by atoms with Gasteiger partial charge in [-0.3, -0.25) is 0 Å². The van der Waals surface area contributed by atoms with Gasteiger partial charge in [0.1, 0.15) is 11.5 Å². The van der Waals surface area contributed by atoms with Crippen molar-refractivity contribution in [1.82, 2.24) is 0 Å². The second kappa shape index (κ2) is 4.65. The molecule has 3 nitrogen and oxygen atoms in total. The molecule has 0 fully saturated rings. The third-order valence-corrected chi connectivity index (χ3v) is 2.23. The molecule has 2 aromatic rings. The van der Waals surface area contributed by atoms with E-state index in [0.717, 1.165) is 0 Å². The Morgan fingerprint density at radius 1 is 1.00 bits per heavy atom. The summed E-state index contributed by atoms with van der Waals surface area (Å²) in [4.78, 5) is 3.09. The maximum absolute atomic E-state index is 8.62. The zero-order valence-electron chi connectivity index (χ0n) is 8.30. The molecular weight excluding hydrogens is 224 g/mol. The number of hydrogen-bond acceptors (Lipinski definition) is 2. The summed E-state index contributed by atoms with van der Waals surface area (Å²) < 4.78 is 5.55. The van der Waals surface area contributed by atoms with E-state index in [1.165, 1.54) is 0 Å². The molecule has 2 rings (SSSR count). The van der Waals surface area contributed by atoms with E-state index in [1.807, 2.05) is 0 Å². The van der Waals surface area contributed by atoms with Crippen LogP contribution in [0.3, 0.4) is 0 Å². The average molecular weight is 232 g/mol. The van der Waals surface area contributed by atoms with Crippen LogP contribution >= 0.6 is 11.6 Å². The van der Waals surface area contributed by atoms with Crippen molar-refractivity contribution < 1.29 is 4.74 Å². The summed E-state index contributed by atoms with van der Waals surface area (Å²) in [5, 5.41) is 9.28. The molecule has 0 heterocycles. The van der Waals surface area contributed by atoms with Crippen LogP contribution in [0.25, 0.3) is 4.98 Å². The van der Waals surface area contributed by atoms with Crippen LogP contribution in [-0.2, 0) is 0 Å². The van der Waals surface area contributed by atoms with E-state index >= 15 is 0 Å². The van der Waals surface area contributed by atoms with E-state index < -0.39 is 0 Å². The highest BCUT2D eigenvalue weighted by Gasteiger charge is 2.05. The number of ether oxygens (including phenoxy) is 1. The van der Waals surface area contributed by atoms with E-state index in [1.54, 1.807) is 48.5 Å². The summed E-state index contributed by atoms with van der Waals surface area (Å²) in [6.07, 6.45) is 0. The van der Waals surface area contributed by atoms with Gasteiger partial charge in [-0.25, -0.2) is 0 Å². The number of diazo groups is 1. The van der Waals surface area contributed by atoms with Crippen LogP contribution in [0.1, 0.15) is 0 Å². The second-order valence-electron chi connectivity index (χ2n) is 3.15. The molecule has 16 heavy (non-hydrogen) atoms. The summed E-state index contributed by atoms with van der Waals surface area (Å²) in [5.74, 6) is 1.29. The fraction of sp³-hybridized carbons (Fsp3) is 0. The predicted molar refractivity (Wildman–Crippen MR) is 62.7 cm³/mol. The minimum Gasteiger partial charge on any atom is -0.457 e. The van der Waals surface area contributed by atoms with Crippen molar-refractivity contribution in [2.45, 2.75) is 0 Å². The smallest absolute Gasteiger partial charge is 0.388 e. The zero-order valence-corrected chi connectivity index (χ0v) is 9.06. The Bertz CT molecular complexity index is 531. The Kier molecular flexibility index (Phi) is 3.04. The lowest BCUT2D eigenvalue weighted by Crippen LogP contribution is -1.82. The lowest BCUT2D eigenvalue weighted by atomic mass is 10.3. The van der Waals surface area contributed by atoms with Crippen molar-refractivity contribution >= 4 is 17.3 Å². The highest BCUT2D eigenvalue weighted by atomic mass is 35.5. The third-order valence-electron chi connectivity index (χ3n) is 1.98. The Hall–Kier alpha value is -2.05. The minimum absolute atomic E-state index is 0.450. The quantitative estimate of drug-likeness (QED) is 0.708. The van der Waals surface area contributed by atoms with Crippen molar-refractivity contribution in [2.75, 3.05) is 0 Å². The van der Waals surface area contributed by atoms with Crippen LogP contribution in [0.5, 0.6) is 11.5 Å². The Balaban J connectivity index is 2.21. The van der Waals surface area contributed by atoms with Gasteiger partial charge in [-0.2, -0.15) is 0 Å². The standard InChI is InChI=1S/C12H8ClN2O/c13-9-4-6-11(7-5-9)16-12-3-1-2-10(8-12)15-14/h1-8H/q+1. The van der Waals surface area contributed by atoms with Gasteiger partial charge in [-0.05, 0) is 30.3 Å². The van der Waals surface area contributed by atoms with Crippen LogP contribution in [0.15, 0.2) is 48.5 Å². The molecule has 0 saturated carbocycles. The highest BCUT2D eigenvalue weighted by Crippen LogP contribution is 2.26. The maximum Gasteiger partial charge on any atom is 0.388 e. The van der Waals surface area contributed by atoms with Gasteiger partial charge < -0.3 is 4.74 Å². The second-order valence-corrected chi connectivity index (χ2v) is 3.59. The molecule has 2 aromatic carbocycles. The topological polar surface area (TPSA) is 37.4 Å². The van der Waals surface area contributed by atoms with Crippen molar-refractivity contribution in [2.24, 2.45) is 0 Å². The first-order chi connectivity index (χ1) is 7.78. The number of benzene rings is 2. The van der Waals surface area contributed by atoms with E-state index in [-0.39, 0.29) is 0 Å². The first-order valence-electron chi connectivity index (χ1n) is 4.66. The van der Waals surface area contributed by atoms with Crippen LogP contribution in [-0.4, -0.2) is 0 Å². The van der Waals surface area contributed by atoms with E-state index in [4.69, 9.17) is 21.7 Å². The van der Waals surface area contributed by atoms with E-state index in [2.05, 4.69) is 4.98 Å². The van der Waals surface area contributed by atoms with E-state index in [9.17, 15) is 0 Å². The van der Waals surface area contributed by atoms with Gasteiger partial charge in [0, 0.05) is 11.1 Å². The van der Waals surface area contributed by atoms with Crippen LogP contribution in [0.4, 0.5) is 5.69 Å². The number of halogens is 1. The largest absolute Gasteiger partial charge is 0.457 e. The summed E-state index contributed by atoms with van der Waals surface area (Å²) in [7, 11) is 0. The van der Waals surface area contributed by atoms with Gasteiger partial charge in [-0.1, -0.05) is 17.7 Å². The van der Waals surface area contributed by atoms with Crippen molar-refractivity contribution in [1.29, 1.82) is 5.39 Å². The Morgan fingerprint density at radius 2 is 1.75 bits per heavy atom. The first-order valence-corrected chi connectivity index (χ1v) is 5.04. The fourth-order valence-electron chi connectivity index (χ4n) is 1.25. The van der Waals surface area contributed by atoms with Gasteiger partial charge in [-0.15, -0.1) is 0 Å². The summed E-state index contributed by atoms with van der Waals surface area (Å²) >= 11 is 5.76. The molecule has 0 radical (unpaired) electrons. The minimum atomic E-state index is 0.450. The van der Waals surface area contributed by atoms with Gasteiger partial charge >= 0.3 is 5.69 Å². The number of rotatable bonds is 2. The van der Waals surface area contributed by atoms with Crippen LogP contribution in [0.2, 0.25) is 5.02 Å². The van der Waals surface area contributed by atoms with Gasteiger partial charge in [0.15, 0.2) is 4.98 Å². The number of hydrogen-bond donors (Lipinski definition) is 0. The van der Waals surface area contributed by atoms with Crippen molar-refractivity contribution in [3.05, 3.63) is 58.5 Å². The zero-order chi connectivity index (χ0) is 11.4. The molecular formula is C12H8ClN2O+. The lowest BCUT2D eigenvalue weighted by Gasteiger charge is -2.03. The predicted octanol–water partition coefficient (Wildman–Crippen LogP) is 4.62. The molecule has 0 spiro atoms. The summed E-state index contributed by atoms with van der Waals surface area (Å²) in [6, 6.07) is 13.9. The molecule has 4 heteroatoms. The molecule has 0 saturated heterocycles. The molecule has 0 N–H and O–H groups in total. The lowest BCUT2D eigenvalue weighted by molar-refractivity contribution is 0.483. The monoisotopic (exact) mass is 231 g/mol. The normalized spacial score (nSPS) is 9.50. The molecule has 0 amide bonds. The third kappa shape index (κ3) is 2.50. The van der Waals surface area contributed by atoms with Crippen LogP contribution in [0, 0.1) is 5.39 Å². The van der Waals surface area contributed by atoms with Gasteiger partial charge in [0.25, 0.3) is 0 Å². The van der Waals surface area contributed by atoms with Crippen LogP contribution < -0.4 is 4.74 Å². The first kappa shape index (κ1) is 10.5. The fourth-order valence-corrected chi connectivity index (χ4v) is 1.37. The van der Waals surface area contributed by atoms with E-state index in [0.29, 0.717) is 22.2 Å². The van der Waals surface area contributed by atoms with Crippen molar-refractivity contribution in [3.63, 3.8) is 0 Å². The Labute approximate surface area is 97.9 Å². The van der Waals surface area contributed by atoms with Gasteiger partial charge in [0.2, 0.25) is 5.39 Å². The maximum atomic E-state index is 8.62. The average Bonchev–Trinajstić information content (AvgIpc) is 2.32. The molecule has 0 bridgehead atoms.